The van der Waals surface area contributed by atoms with Crippen LogP contribution in [0.1, 0.15) is 53.8 Å². The van der Waals surface area contributed by atoms with Crippen molar-refractivity contribution in [1.29, 1.82) is 0 Å². The van der Waals surface area contributed by atoms with Crippen LogP contribution in [0.25, 0.3) is 0 Å². The topological polar surface area (TPSA) is 92.3 Å². The first-order valence-electron chi connectivity index (χ1n) is 9.41. The van der Waals surface area contributed by atoms with Gasteiger partial charge in [-0.25, -0.2) is 8.42 Å². The van der Waals surface area contributed by atoms with Crippen molar-refractivity contribution in [2.24, 2.45) is 0 Å². The molecule has 2 aromatic carbocycles. The third-order valence-electron chi connectivity index (χ3n) is 4.18. The summed E-state index contributed by atoms with van der Waals surface area (Å²) in [5, 5.41) is 5.51. The second-order valence-electron chi connectivity index (χ2n) is 6.42. The van der Waals surface area contributed by atoms with Gasteiger partial charge < -0.3 is 10.6 Å². The summed E-state index contributed by atoms with van der Waals surface area (Å²) in [6.07, 6.45) is 2.28. The molecule has 28 heavy (non-hydrogen) atoms. The van der Waals surface area contributed by atoms with Crippen LogP contribution in [0.5, 0.6) is 0 Å². The predicted molar refractivity (Wildman–Crippen MR) is 110 cm³/mol. The highest BCUT2D eigenvalue weighted by molar-refractivity contribution is 7.91. The van der Waals surface area contributed by atoms with E-state index in [-0.39, 0.29) is 22.1 Å². The van der Waals surface area contributed by atoms with Crippen molar-refractivity contribution in [1.82, 2.24) is 5.32 Å². The van der Waals surface area contributed by atoms with Crippen molar-refractivity contribution in [2.45, 2.75) is 38.0 Å². The van der Waals surface area contributed by atoms with Crippen LogP contribution in [0.15, 0.2) is 53.4 Å². The van der Waals surface area contributed by atoms with Gasteiger partial charge in [0.15, 0.2) is 9.84 Å². The standard InChI is InChI=1S/C21H26N2O4S/c1-3-5-14-22-20(24)16-10-6-8-12-18(16)23-21(25)17-11-7-9-13-19(17)28(26,27)15-4-2/h6-13H,3-5,14-15H2,1-2H3,(H,22,24)(H,23,25). The first kappa shape index (κ1) is 21.6. The van der Waals surface area contributed by atoms with Crippen molar-refractivity contribution in [3.63, 3.8) is 0 Å². The number of nitrogens with one attached hydrogen (secondary N) is 2. The fourth-order valence-electron chi connectivity index (χ4n) is 2.76. The fourth-order valence-corrected chi connectivity index (χ4v) is 4.30. The van der Waals surface area contributed by atoms with E-state index in [2.05, 4.69) is 10.6 Å². The average Bonchev–Trinajstić information content (AvgIpc) is 2.68. The molecule has 0 aliphatic heterocycles. The summed E-state index contributed by atoms with van der Waals surface area (Å²) in [5.41, 5.74) is 0.738. The number of carbonyl (C=O) groups excluding carboxylic acids is 2. The molecule has 2 rings (SSSR count). The molecule has 0 atom stereocenters. The lowest BCUT2D eigenvalue weighted by molar-refractivity contribution is 0.0954. The normalized spacial score (nSPS) is 11.1. The smallest absolute Gasteiger partial charge is 0.257 e. The van der Waals surface area contributed by atoms with Gasteiger partial charge in [0.25, 0.3) is 11.8 Å². The van der Waals surface area contributed by atoms with Crippen molar-refractivity contribution in [3.8, 4) is 0 Å². The largest absolute Gasteiger partial charge is 0.352 e. The molecule has 0 fully saturated rings. The Kier molecular flexibility index (Phi) is 7.75. The van der Waals surface area contributed by atoms with Crippen LogP contribution in [0, 0.1) is 0 Å². The monoisotopic (exact) mass is 402 g/mol. The van der Waals surface area contributed by atoms with Crippen LogP contribution in [0.3, 0.4) is 0 Å². The van der Waals surface area contributed by atoms with E-state index < -0.39 is 15.7 Å². The van der Waals surface area contributed by atoms with Crippen LogP contribution in [-0.2, 0) is 9.84 Å². The van der Waals surface area contributed by atoms with E-state index in [1.807, 2.05) is 6.92 Å². The molecular formula is C21H26N2O4S. The SMILES string of the molecule is CCCCNC(=O)c1ccccc1NC(=O)c1ccccc1S(=O)(=O)CCC. The van der Waals surface area contributed by atoms with Gasteiger partial charge in [0, 0.05) is 6.54 Å². The molecule has 7 heteroatoms. The van der Waals surface area contributed by atoms with Crippen LogP contribution >= 0.6 is 0 Å². The quantitative estimate of drug-likeness (QED) is 0.626. The second kappa shape index (κ2) is 10.0. The summed E-state index contributed by atoms with van der Waals surface area (Å²) in [5.74, 6) is -0.881. The van der Waals surface area contributed by atoms with Crippen molar-refractivity contribution in [2.75, 3.05) is 17.6 Å². The molecule has 0 aliphatic carbocycles. The molecule has 2 amide bonds. The number of anilines is 1. The summed E-state index contributed by atoms with van der Waals surface area (Å²) in [4.78, 5) is 25.2. The first-order valence-corrected chi connectivity index (χ1v) is 11.1. The zero-order chi connectivity index (χ0) is 20.6. The maximum atomic E-state index is 12.8. The highest BCUT2D eigenvalue weighted by Crippen LogP contribution is 2.21. The van der Waals surface area contributed by atoms with Crippen molar-refractivity contribution < 1.29 is 18.0 Å². The number of hydrogen-bond donors (Lipinski definition) is 2. The van der Waals surface area contributed by atoms with E-state index in [1.54, 1.807) is 43.3 Å². The Morgan fingerprint density at radius 1 is 0.857 bits per heavy atom. The molecule has 150 valence electrons. The molecule has 0 unspecified atom stereocenters. The Hall–Kier alpha value is -2.67. The Bertz CT molecular complexity index is 939. The van der Waals surface area contributed by atoms with Crippen LogP contribution in [0.2, 0.25) is 0 Å². The fraction of sp³-hybridized carbons (Fsp3) is 0.333. The Labute approximate surface area is 166 Å². The lowest BCUT2D eigenvalue weighted by Crippen LogP contribution is -2.26. The number of rotatable bonds is 9. The van der Waals surface area contributed by atoms with E-state index in [1.165, 1.54) is 12.1 Å². The van der Waals surface area contributed by atoms with Crippen LogP contribution in [-0.4, -0.2) is 32.5 Å². The predicted octanol–water partition coefficient (Wildman–Crippen LogP) is 3.65. The Balaban J connectivity index is 2.29. The summed E-state index contributed by atoms with van der Waals surface area (Å²) >= 11 is 0. The number of sulfone groups is 1. The number of hydrogen-bond acceptors (Lipinski definition) is 4. The average molecular weight is 403 g/mol. The minimum Gasteiger partial charge on any atom is -0.352 e. The molecule has 0 radical (unpaired) electrons. The molecule has 0 aromatic heterocycles. The second-order valence-corrected chi connectivity index (χ2v) is 8.50. The molecule has 0 saturated heterocycles. The maximum absolute atomic E-state index is 12.8. The van der Waals surface area contributed by atoms with Crippen LogP contribution in [0.4, 0.5) is 5.69 Å². The molecule has 0 bridgehead atoms. The molecule has 6 nitrogen and oxygen atoms in total. The maximum Gasteiger partial charge on any atom is 0.257 e. The third-order valence-corrected chi connectivity index (χ3v) is 6.15. The molecule has 0 spiro atoms. The molecule has 0 saturated carbocycles. The summed E-state index contributed by atoms with van der Waals surface area (Å²) in [7, 11) is -3.56. The minimum absolute atomic E-state index is 0.000714. The lowest BCUT2D eigenvalue weighted by atomic mass is 10.1. The molecule has 0 heterocycles. The third kappa shape index (κ3) is 5.42. The van der Waals surface area contributed by atoms with Crippen LogP contribution < -0.4 is 10.6 Å². The van der Waals surface area contributed by atoms with E-state index in [4.69, 9.17) is 0 Å². The van der Waals surface area contributed by atoms with E-state index >= 15 is 0 Å². The van der Waals surface area contributed by atoms with E-state index in [0.717, 1.165) is 12.8 Å². The van der Waals surface area contributed by atoms with Gasteiger partial charge in [-0.1, -0.05) is 44.5 Å². The number of para-hydroxylation sites is 1. The summed E-state index contributed by atoms with van der Waals surface area (Å²) in [6.45, 7) is 4.35. The number of amides is 2. The zero-order valence-corrected chi connectivity index (χ0v) is 17.0. The number of unbranched alkanes of at least 4 members (excludes halogenated alkanes) is 1. The Morgan fingerprint density at radius 3 is 2.18 bits per heavy atom. The minimum atomic E-state index is -3.56. The van der Waals surface area contributed by atoms with Gasteiger partial charge in [0.05, 0.1) is 27.5 Å². The molecule has 2 N–H and O–H groups in total. The van der Waals surface area contributed by atoms with Crippen molar-refractivity contribution >= 4 is 27.3 Å². The Morgan fingerprint density at radius 2 is 1.50 bits per heavy atom. The molecule has 0 aliphatic rings. The molecule has 2 aromatic rings. The van der Waals surface area contributed by atoms with Gasteiger partial charge in [-0.3, -0.25) is 9.59 Å². The zero-order valence-electron chi connectivity index (χ0n) is 16.2. The van der Waals surface area contributed by atoms with Gasteiger partial charge >= 0.3 is 0 Å². The van der Waals surface area contributed by atoms with Gasteiger partial charge in [0.2, 0.25) is 0 Å². The highest BCUT2D eigenvalue weighted by Gasteiger charge is 2.22. The van der Waals surface area contributed by atoms with E-state index in [9.17, 15) is 18.0 Å². The summed E-state index contributed by atoms with van der Waals surface area (Å²) < 4.78 is 25.0. The van der Waals surface area contributed by atoms with Gasteiger partial charge in [-0.2, -0.15) is 0 Å². The number of carbonyl (C=O) groups is 2. The van der Waals surface area contributed by atoms with Crippen molar-refractivity contribution in [3.05, 3.63) is 59.7 Å². The lowest BCUT2D eigenvalue weighted by Gasteiger charge is -2.13. The summed E-state index contributed by atoms with van der Waals surface area (Å²) in [6, 6.07) is 12.8. The van der Waals surface area contributed by atoms with Gasteiger partial charge in [-0.15, -0.1) is 0 Å². The molecular weight excluding hydrogens is 376 g/mol. The highest BCUT2D eigenvalue weighted by atomic mass is 32.2. The number of benzene rings is 2. The van der Waals surface area contributed by atoms with Gasteiger partial charge in [-0.05, 0) is 37.1 Å². The van der Waals surface area contributed by atoms with E-state index in [0.29, 0.717) is 24.2 Å². The first-order chi connectivity index (χ1) is 13.4. The van der Waals surface area contributed by atoms with Gasteiger partial charge in [0.1, 0.15) is 0 Å².